The Hall–Kier alpha value is -1.59. The van der Waals surface area contributed by atoms with Gasteiger partial charge in [0, 0.05) is 18.8 Å². The largest absolute Gasteiger partial charge is 0.481 e. The molecule has 1 aliphatic heterocycles. The van der Waals surface area contributed by atoms with Gasteiger partial charge in [0.25, 0.3) is 0 Å². The fraction of sp³-hybridized carbons (Fsp3) is 0.600. The topological polar surface area (TPSA) is 69.6 Å². The van der Waals surface area contributed by atoms with E-state index in [0.717, 1.165) is 24.9 Å². The minimum absolute atomic E-state index is 0. The predicted octanol–water partition coefficient (Wildman–Crippen LogP) is 3.53. The summed E-state index contributed by atoms with van der Waals surface area (Å²) in [6.07, 6.45) is 2.68. The van der Waals surface area contributed by atoms with Gasteiger partial charge in [-0.2, -0.15) is 0 Å². The Morgan fingerprint density at radius 1 is 1.27 bits per heavy atom. The third-order valence-electron chi connectivity index (χ3n) is 5.77. The molecule has 0 aromatic heterocycles. The van der Waals surface area contributed by atoms with Gasteiger partial charge in [0.1, 0.15) is 0 Å². The number of likely N-dealkylation sites (tertiary alicyclic amines) is 1. The normalized spacial score (nSPS) is 25.4. The summed E-state index contributed by atoms with van der Waals surface area (Å²) in [6, 6.07) is 7.93. The van der Waals surface area contributed by atoms with Crippen LogP contribution in [0.5, 0.6) is 0 Å². The SMILES string of the molecule is CC(C)(C)c1ccc(NC(=O)CN2C[C@@H]3CCC[C@@]3(C(=O)O)C2)cc1.Cl. The highest BCUT2D eigenvalue weighted by Gasteiger charge is 2.54. The lowest BCUT2D eigenvalue weighted by molar-refractivity contribution is -0.149. The fourth-order valence-electron chi connectivity index (χ4n) is 4.32. The van der Waals surface area contributed by atoms with Crippen LogP contribution in [0.4, 0.5) is 5.69 Å². The van der Waals surface area contributed by atoms with Crippen molar-refractivity contribution >= 4 is 30.0 Å². The first-order valence-electron chi connectivity index (χ1n) is 9.07. The lowest BCUT2D eigenvalue weighted by atomic mass is 9.81. The summed E-state index contributed by atoms with van der Waals surface area (Å²) in [5, 5.41) is 12.6. The number of aliphatic carboxylic acids is 1. The van der Waals surface area contributed by atoms with E-state index in [-0.39, 0.29) is 36.2 Å². The maximum atomic E-state index is 12.3. The second kappa shape index (κ2) is 7.57. The molecule has 1 heterocycles. The third-order valence-corrected chi connectivity index (χ3v) is 5.77. The van der Waals surface area contributed by atoms with Crippen LogP contribution in [0.15, 0.2) is 24.3 Å². The highest BCUT2D eigenvalue weighted by Crippen LogP contribution is 2.48. The van der Waals surface area contributed by atoms with Crippen LogP contribution in [0.25, 0.3) is 0 Å². The average molecular weight is 381 g/mol. The molecule has 1 saturated carbocycles. The second-order valence-electron chi connectivity index (χ2n) is 8.60. The molecule has 144 valence electrons. The van der Waals surface area contributed by atoms with E-state index in [0.29, 0.717) is 13.1 Å². The summed E-state index contributed by atoms with van der Waals surface area (Å²) in [4.78, 5) is 26.1. The summed E-state index contributed by atoms with van der Waals surface area (Å²) in [5.41, 5.74) is 1.46. The minimum atomic E-state index is -0.698. The van der Waals surface area contributed by atoms with Crippen LogP contribution in [0, 0.1) is 11.3 Å². The van der Waals surface area contributed by atoms with Crippen LogP contribution in [-0.2, 0) is 15.0 Å². The summed E-state index contributed by atoms with van der Waals surface area (Å²) < 4.78 is 0. The van der Waals surface area contributed by atoms with E-state index < -0.39 is 11.4 Å². The molecular weight excluding hydrogens is 352 g/mol. The van der Waals surface area contributed by atoms with Gasteiger partial charge >= 0.3 is 5.97 Å². The average Bonchev–Trinajstić information content (AvgIpc) is 3.04. The van der Waals surface area contributed by atoms with E-state index in [1.807, 2.05) is 29.2 Å². The molecular formula is C20H29ClN2O3. The van der Waals surface area contributed by atoms with Crippen molar-refractivity contribution in [1.29, 1.82) is 0 Å². The molecule has 1 aromatic rings. The van der Waals surface area contributed by atoms with Gasteiger partial charge in [0.05, 0.1) is 12.0 Å². The molecule has 0 radical (unpaired) electrons. The van der Waals surface area contributed by atoms with Gasteiger partial charge in [-0.25, -0.2) is 0 Å². The molecule has 0 bridgehead atoms. The molecule has 1 saturated heterocycles. The fourth-order valence-corrected chi connectivity index (χ4v) is 4.32. The Morgan fingerprint density at radius 3 is 2.46 bits per heavy atom. The number of halogens is 1. The molecule has 1 aromatic carbocycles. The van der Waals surface area contributed by atoms with Gasteiger partial charge in [-0.05, 0) is 41.9 Å². The monoisotopic (exact) mass is 380 g/mol. The molecule has 0 spiro atoms. The van der Waals surface area contributed by atoms with E-state index in [2.05, 4.69) is 26.1 Å². The molecule has 2 atom stereocenters. The number of fused-ring (bicyclic) bond motifs is 1. The van der Waals surface area contributed by atoms with Gasteiger partial charge in [0.2, 0.25) is 5.91 Å². The van der Waals surface area contributed by atoms with Crippen molar-refractivity contribution in [2.24, 2.45) is 11.3 Å². The highest BCUT2D eigenvalue weighted by atomic mass is 35.5. The van der Waals surface area contributed by atoms with E-state index >= 15 is 0 Å². The molecule has 5 nitrogen and oxygen atoms in total. The number of anilines is 1. The molecule has 2 N–H and O–H groups in total. The molecule has 2 aliphatic rings. The van der Waals surface area contributed by atoms with Crippen molar-refractivity contribution in [1.82, 2.24) is 4.90 Å². The number of benzene rings is 1. The Kier molecular flexibility index (Phi) is 6.03. The third kappa shape index (κ3) is 4.04. The van der Waals surface area contributed by atoms with Crippen molar-refractivity contribution < 1.29 is 14.7 Å². The quantitative estimate of drug-likeness (QED) is 0.838. The summed E-state index contributed by atoms with van der Waals surface area (Å²) in [6.45, 7) is 7.92. The number of nitrogens with zero attached hydrogens (tertiary/aromatic N) is 1. The summed E-state index contributed by atoms with van der Waals surface area (Å²) in [7, 11) is 0. The molecule has 1 amide bonds. The van der Waals surface area contributed by atoms with Crippen LogP contribution in [0.2, 0.25) is 0 Å². The Bertz CT molecular complexity index is 669. The maximum absolute atomic E-state index is 12.3. The first kappa shape index (κ1) is 20.7. The number of carbonyl (C=O) groups excluding carboxylic acids is 1. The molecule has 1 aliphatic carbocycles. The predicted molar refractivity (Wildman–Crippen MR) is 105 cm³/mol. The van der Waals surface area contributed by atoms with Crippen LogP contribution in [-0.4, -0.2) is 41.5 Å². The number of carboxylic acid groups (broad SMARTS) is 1. The number of nitrogens with one attached hydrogen (secondary N) is 1. The van der Waals surface area contributed by atoms with Crippen molar-refractivity contribution in [3.63, 3.8) is 0 Å². The molecule has 0 unspecified atom stereocenters. The number of carboxylic acids is 1. The van der Waals surface area contributed by atoms with Crippen molar-refractivity contribution in [2.45, 2.75) is 45.4 Å². The Labute approximate surface area is 161 Å². The van der Waals surface area contributed by atoms with Crippen LogP contribution < -0.4 is 5.32 Å². The van der Waals surface area contributed by atoms with E-state index in [4.69, 9.17) is 0 Å². The van der Waals surface area contributed by atoms with Gasteiger partial charge in [-0.15, -0.1) is 12.4 Å². The first-order chi connectivity index (χ1) is 11.7. The first-order valence-corrected chi connectivity index (χ1v) is 9.07. The smallest absolute Gasteiger partial charge is 0.311 e. The number of hydrogen-bond acceptors (Lipinski definition) is 3. The lowest BCUT2D eigenvalue weighted by Crippen LogP contribution is -2.37. The Balaban J connectivity index is 0.00000243. The summed E-state index contributed by atoms with van der Waals surface area (Å²) in [5.74, 6) is -0.594. The molecule has 6 heteroatoms. The molecule has 26 heavy (non-hydrogen) atoms. The van der Waals surface area contributed by atoms with E-state index in [1.165, 1.54) is 5.56 Å². The zero-order chi connectivity index (χ0) is 18.2. The highest BCUT2D eigenvalue weighted by molar-refractivity contribution is 5.92. The number of carbonyl (C=O) groups is 2. The van der Waals surface area contributed by atoms with Crippen molar-refractivity contribution in [3.8, 4) is 0 Å². The van der Waals surface area contributed by atoms with Gasteiger partial charge in [0.15, 0.2) is 0 Å². The lowest BCUT2D eigenvalue weighted by Gasteiger charge is -2.23. The van der Waals surface area contributed by atoms with Crippen LogP contribution >= 0.6 is 12.4 Å². The molecule has 2 fully saturated rings. The van der Waals surface area contributed by atoms with E-state index in [1.54, 1.807) is 0 Å². The van der Waals surface area contributed by atoms with Gasteiger partial charge in [-0.3, -0.25) is 14.5 Å². The number of amides is 1. The summed E-state index contributed by atoms with van der Waals surface area (Å²) >= 11 is 0. The number of rotatable bonds is 4. The maximum Gasteiger partial charge on any atom is 0.311 e. The zero-order valence-electron chi connectivity index (χ0n) is 15.7. The van der Waals surface area contributed by atoms with Crippen LogP contribution in [0.1, 0.15) is 45.6 Å². The standard InChI is InChI=1S/C20H28N2O3.ClH/c1-19(2,3)14-6-8-16(9-7-14)21-17(23)12-22-11-15-5-4-10-20(15,13-22)18(24)25;/h6-9,15H,4-5,10-13H2,1-3H3,(H,21,23)(H,24,25);1H/t15-,20+;/m0./s1. The van der Waals surface area contributed by atoms with Crippen molar-refractivity contribution in [3.05, 3.63) is 29.8 Å². The Morgan fingerprint density at radius 2 is 1.92 bits per heavy atom. The molecule has 3 rings (SSSR count). The van der Waals surface area contributed by atoms with Crippen LogP contribution in [0.3, 0.4) is 0 Å². The van der Waals surface area contributed by atoms with Gasteiger partial charge in [-0.1, -0.05) is 39.3 Å². The van der Waals surface area contributed by atoms with E-state index in [9.17, 15) is 14.7 Å². The minimum Gasteiger partial charge on any atom is -0.481 e. The zero-order valence-corrected chi connectivity index (χ0v) is 16.6. The second-order valence-corrected chi connectivity index (χ2v) is 8.60. The van der Waals surface area contributed by atoms with Gasteiger partial charge < -0.3 is 10.4 Å². The van der Waals surface area contributed by atoms with Crippen molar-refractivity contribution in [2.75, 3.05) is 25.0 Å². The number of hydrogen-bond donors (Lipinski definition) is 2.